The molecule has 2 aliphatic carbocycles. The van der Waals surface area contributed by atoms with Gasteiger partial charge in [0.1, 0.15) is 18.1 Å². The summed E-state index contributed by atoms with van der Waals surface area (Å²) in [6, 6.07) is 8.58. The van der Waals surface area contributed by atoms with Crippen LogP contribution in [0.15, 0.2) is 53.0 Å². The minimum atomic E-state index is -0.533. The largest absolute Gasteiger partial charge is 0.486 e. The first-order valence-electron chi connectivity index (χ1n) is 11.1. The van der Waals surface area contributed by atoms with Gasteiger partial charge in [-0.3, -0.25) is 9.59 Å². The van der Waals surface area contributed by atoms with Crippen LogP contribution >= 0.6 is 46.4 Å². The van der Waals surface area contributed by atoms with Crippen molar-refractivity contribution in [3.63, 3.8) is 0 Å². The normalized spacial score (nSPS) is 18.6. The van der Waals surface area contributed by atoms with Crippen molar-refractivity contribution in [2.75, 3.05) is 0 Å². The van der Waals surface area contributed by atoms with E-state index in [1.54, 1.807) is 30.3 Å². The number of ether oxygens (including phenoxy) is 2. The monoisotopic (exact) mass is 536 g/mol. The van der Waals surface area contributed by atoms with Crippen LogP contribution in [0.2, 0.25) is 20.1 Å². The minimum absolute atomic E-state index is 0.00104. The lowest BCUT2D eigenvalue weighted by atomic mass is 9.73. The van der Waals surface area contributed by atoms with Crippen molar-refractivity contribution in [3.05, 3.63) is 84.2 Å². The topological polar surface area (TPSA) is 52.6 Å². The van der Waals surface area contributed by atoms with E-state index in [4.69, 9.17) is 55.9 Å². The van der Waals surface area contributed by atoms with Crippen molar-refractivity contribution in [2.45, 2.75) is 51.0 Å². The van der Waals surface area contributed by atoms with Crippen LogP contribution in [-0.4, -0.2) is 11.6 Å². The molecule has 0 saturated carbocycles. The third-order valence-corrected chi connectivity index (χ3v) is 7.53. The Balaban J connectivity index is 1.52. The molecular weight excluding hydrogens is 518 g/mol. The van der Waals surface area contributed by atoms with Crippen molar-refractivity contribution in [1.82, 2.24) is 0 Å². The van der Waals surface area contributed by atoms with Crippen LogP contribution in [0, 0.1) is 0 Å². The van der Waals surface area contributed by atoms with E-state index in [1.807, 2.05) is 0 Å². The molecule has 1 heterocycles. The zero-order valence-corrected chi connectivity index (χ0v) is 21.1. The molecule has 2 aromatic rings. The number of ketones is 2. The van der Waals surface area contributed by atoms with E-state index in [2.05, 4.69) is 0 Å². The summed E-state index contributed by atoms with van der Waals surface area (Å²) in [4.78, 5) is 25.9. The molecule has 0 unspecified atom stereocenters. The lowest BCUT2D eigenvalue weighted by molar-refractivity contribution is -0.117. The summed E-state index contributed by atoms with van der Waals surface area (Å²) in [5.74, 6) is 1.11. The van der Waals surface area contributed by atoms with Gasteiger partial charge in [-0.15, -0.1) is 0 Å². The highest BCUT2D eigenvalue weighted by Gasteiger charge is 2.42. The summed E-state index contributed by atoms with van der Waals surface area (Å²) in [5.41, 5.74) is 2.51. The van der Waals surface area contributed by atoms with Crippen molar-refractivity contribution in [1.29, 1.82) is 0 Å². The average Bonchev–Trinajstić information content (AvgIpc) is 2.78. The number of Topliss-reactive ketones (excluding diaryl/α,β-unsaturated/α-hetero) is 2. The van der Waals surface area contributed by atoms with Gasteiger partial charge in [0.05, 0.1) is 10.0 Å². The molecule has 34 heavy (non-hydrogen) atoms. The Kier molecular flexibility index (Phi) is 6.69. The number of hydrogen-bond acceptors (Lipinski definition) is 4. The van der Waals surface area contributed by atoms with E-state index in [9.17, 15) is 9.59 Å². The van der Waals surface area contributed by atoms with E-state index < -0.39 is 5.92 Å². The fourth-order valence-corrected chi connectivity index (χ4v) is 5.90. The zero-order chi connectivity index (χ0) is 24.0. The third-order valence-electron chi connectivity index (χ3n) is 6.38. The smallest absolute Gasteiger partial charge is 0.163 e. The van der Waals surface area contributed by atoms with Crippen LogP contribution in [0.5, 0.6) is 5.75 Å². The molecule has 0 spiro atoms. The average molecular weight is 538 g/mol. The van der Waals surface area contributed by atoms with Gasteiger partial charge in [0.25, 0.3) is 0 Å². The lowest BCUT2D eigenvalue weighted by Gasteiger charge is -2.36. The summed E-state index contributed by atoms with van der Waals surface area (Å²) in [6.07, 6.45) is 3.69. The van der Waals surface area contributed by atoms with Crippen LogP contribution in [0.3, 0.4) is 0 Å². The summed E-state index contributed by atoms with van der Waals surface area (Å²) in [6.45, 7) is 0.146. The Hall–Kier alpha value is -1.98. The van der Waals surface area contributed by atoms with Crippen LogP contribution in [0.1, 0.15) is 55.6 Å². The molecular formula is C26H20Cl4O4. The van der Waals surface area contributed by atoms with Gasteiger partial charge < -0.3 is 9.47 Å². The Bertz CT molecular complexity index is 1210. The molecule has 2 aromatic carbocycles. The standard InChI is InChI=1S/C26H20Cl4O4/c27-15-8-7-13(16(28)11-15)12-33-26-17(29)9-14(10-18(26)30)23-24-19(31)3-1-5-21(24)34-22-6-2-4-20(32)25(22)23/h7-11,23H,1-6,12H2. The van der Waals surface area contributed by atoms with Gasteiger partial charge in [0, 0.05) is 58.4 Å². The highest BCUT2D eigenvalue weighted by Crippen LogP contribution is 2.49. The summed E-state index contributed by atoms with van der Waals surface area (Å²) >= 11 is 25.4. The van der Waals surface area contributed by atoms with Crippen LogP contribution in [-0.2, 0) is 20.9 Å². The number of benzene rings is 2. The van der Waals surface area contributed by atoms with Crippen molar-refractivity contribution >= 4 is 58.0 Å². The maximum absolute atomic E-state index is 13.0. The second-order valence-corrected chi connectivity index (χ2v) is 10.3. The van der Waals surface area contributed by atoms with Crippen molar-refractivity contribution in [3.8, 4) is 5.75 Å². The van der Waals surface area contributed by atoms with Crippen LogP contribution in [0.4, 0.5) is 0 Å². The highest BCUT2D eigenvalue weighted by atomic mass is 35.5. The molecule has 176 valence electrons. The second kappa shape index (κ2) is 9.58. The zero-order valence-electron chi connectivity index (χ0n) is 18.1. The number of carbonyl (C=O) groups excluding carboxylic acids is 2. The van der Waals surface area contributed by atoms with Gasteiger partial charge in [-0.25, -0.2) is 0 Å². The molecule has 0 bridgehead atoms. The Morgan fingerprint density at radius 3 is 1.94 bits per heavy atom. The summed E-state index contributed by atoms with van der Waals surface area (Å²) < 4.78 is 12.0. The van der Waals surface area contributed by atoms with Crippen molar-refractivity contribution < 1.29 is 19.1 Å². The molecule has 5 rings (SSSR count). The van der Waals surface area contributed by atoms with E-state index in [0.29, 0.717) is 69.7 Å². The van der Waals surface area contributed by atoms with Gasteiger partial charge in [-0.05, 0) is 42.7 Å². The molecule has 0 fully saturated rings. The molecule has 4 nitrogen and oxygen atoms in total. The van der Waals surface area contributed by atoms with Crippen LogP contribution < -0.4 is 4.74 Å². The summed E-state index contributed by atoms with van der Waals surface area (Å²) in [7, 11) is 0. The van der Waals surface area contributed by atoms with Gasteiger partial charge in [-0.2, -0.15) is 0 Å². The first kappa shape index (κ1) is 23.7. The predicted molar refractivity (Wildman–Crippen MR) is 133 cm³/mol. The molecule has 0 saturated heterocycles. The highest BCUT2D eigenvalue weighted by molar-refractivity contribution is 6.37. The first-order chi connectivity index (χ1) is 16.3. The number of rotatable bonds is 4. The molecule has 1 aliphatic heterocycles. The fraction of sp³-hybridized carbons (Fsp3) is 0.308. The fourth-order valence-electron chi connectivity index (χ4n) is 4.82. The molecule has 0 radical (unpaired) electrons. The van der Waals surface area contributed by atoms with Crippen molar-refractivity contribution in [2.24, 2.45) is 0 Å². The summed E-state index contributed by atoms with van der Waals surface area (Å²) in [5, 5.41) is 1.58. The van der Waals surface area contributed by atoms with E-state index in [1.165, 1.54) is 0 Å². The van der Waals surface area contributed by atoms with Gasteiger partial charge in [0.15, 0.2) is 17.3 Å². The maximum Gasteiger partial charge on any atom is 0.163 e. The van der Waals surface area contributed by atoms with Crippen LogP contribution in [0.25, 0.3) is 0 Å². The molecule has 0 N–H and O–H groups in total. The van der Waals surface area contributed by atoms with Gasteiger partial charge in [0.2, 0.25) is 0 Å². The molecule has 8 heteroatoms. The lowest BCUT2D eigenvalue weighted by Crippen LogP contribution is -2.30. The molecule has 0 atom stereocenters. The van der Waals surface area contributed by atoms with E-state index in [0.717, 1.165) is 18.4 Å². The quantitative estimate of drug-likeness (QED) is 0.396. The minimum Gasteiger partial charge on any atom is -0.486 e. The van der Waals surface area contributed by atoms with Gasteiger partial charge in [-0.1, -0.05) is 52.5 Å². The van der Waals surface area contributed by atoms with E-state index >= 15 is 0 Å². The Labute approximate surface area is 217 Å². The molecule has 0 amide bonds. The van der Waals surface area contributed by atoms with Gasteiger partial charge >= 0.3 is 0 Å². The van der Waals surface area contributed by atoms with E-state index in [-0.39, 0.29) is 28.2 Å². The third kappa shape index (κ3) is 4.37. The Morgan fingerprint density at radius 2 is 1.38 bits per heavy atom. The second-order valence-electron chi connectivity index (χ2n) is 8.60. The molecule has 0 aromatic heterocycles. The Morgan fingerprint density at radius 1 is 0.794 bits per heavy atom. The SMILES string of the molecule is O=C1CCCC2=C1C(c1cc(Cl)c(OCc3ccc(Cl)cc3Cl)c(Cl)c1)C1=C(CCCC1=O)O2. The number of halogens is 4. The number of carbonyl (C=O) groups is 2. The predicted octanol–water partition coefficient (Wildman–Crippen LogP) is 8.01. The molecule has 3 aliphatic rings. The first-order valence-corrected chi connectivity index (χ1v) is 12.6. The number of allylic oxidation sites excluding steroid dienone is 4. The maximum atomic E-state index is 13.0. The number of hydrogen-bond donors (Lipinski definition) is 0.